The summed E-state index contributed by atoms with van der Waals surface area (Å²) in [6.07, 6.45) is 6.02. The fourth-order valence-electron chi connectivity index (χ4n) is 2.22. The molecule has 22 heavy (non-hydrogen) atoms. The lowest BCUT2D eigenvalue weighted by Crippen LogP contribution is -2.36. The Kier molecular flexibility index (Phi) is 5.45. The van der Waals surface area contributed by atoms with E-state index in [1.165, 1.54) is 0 Å². The second kappa shape index (κ2) is 7.53. The van der Waals surface area contributed by atoms with Gasteiger partial charge in [0.05, 0.1) is 12.6 Å². The molecular weight excluding hydrogens is 276 g/mol. The van der Waals surface area contributed by atoms with Crippen molar-refractivity contribution in [1.29, 1.82) is 5.26 Å². The summed E-state index contributed by atoms with van der Waals surface area (Å²) >= 11 is 0. The van der Waals surface area contributed by atoms with Gasteiger partial charge in [-0.25, -0.2) is 9.67 Å². The molecule has 0 saturated heterocycles. The van der Waals surface area contributed by atoms with E-state index >= 15 is 0 Å². The first-order valence-corrected chi connectivity index (χ1v) is 7.34. The summed E-state index contributed by atoms with van der Waals surface area (Å²) in [5, 5.41) is 14.0. The molecule has 1 heterocycles. The van der Waals surface area contributed by atoms with E-state index in [0.29, 0.717) is 25.4 Å². The van der Waals surface area contributed by atoms with Crippen LogP contribution in [0.3, 0.4) is 0 Å². The molecule has 5 nitrogen and oxygen atoms in total. The molecule has 2 aromatic rings. The maximum Gasteiger partial charge on any atom is 0.181 e. The van der Waals surface area contributed by atoms with E-state index in [9.17, 15) is 5.26 Å². The van der Waals surface area contributed by atoms with Gasteiger partial charge >= 0.3 is 0 Å². The zero-order chi connectivity index (χ0) is 15.8. The van der Waals surface area contributed by atoms with Crippen molar-refractivity contribution in [1.82, 2.24) is 14.8 Å². The van der Waals surface area contributed by atoms with Gasteiger partial charge in [0.25, 0.3) is 0 Å². The van der Waals surface area contributed by atoms with Crippen LogP contribution in [0, 0.1) is 11.3 Å². The zero-order valence-corrected chi connectivity index (χ0v) is 12.9. The minimum Gasteiger partial charge on any atom is -0.358 e. The highest BCUT2D eigenvalue weighted by Crippen LogP contribution is 2.20. The third-order valence-electron chi connectivity index (χ3n) is 3.29. The average molecular weight is 296 g/mol. The summed E-state index contributed by atoms with van der Waals surface area (Å²) in [7, 11) is 0. The number of nitriles is 1. The monoisotopic (exact) mass is 296 g/mol. The molecule has 1 unspecified atom stereocenters. The maximum atomic E-state index is 9.55. The normalized spacial score (nSPS) is 13.9. The molecule has 5 heteroatoms. The van der Waals surface area contributed by atoms with Gasteiger partial charge < -0.3 is 4.74 Å². The third-order valence-corrected chi connectivity index (χ3v) is 3.29. The Bertz CT molecular complexity index is 657. The van der Waals surface area contributed by atoms with Crippen molar-refractivity contribution in [2.24, 2.45) is 0 Å². The van der Waals surface area contributed by atoms with Crippen LogP contribution in [0.2, 0.25) is 0 Å². The molecule has 0 aliphatic heterocycles. The number of ether oxygens (including phenoxy) is 1. The molecule has 0 spiro atoms. The van der Waals surface area contributed by atoms with Gasteiger partial charge in [-0.1, -0.05) is 42.5 Å². The SMILES string of the molecule is CC=CCC(C#N)(Cn1cnc(-c2ccccc2)n1)OCC. The van der Waals surface area contributed by atoms with Gasteiger partial charge in [-0.3, -0.25) is 0 Å². The first kappa shape index (κ1) is 15.9. The van der Waals surface area contributed by atoms with Crippen LogP contribution in [-0.4, -0.2) is 27.0 Å². The molecule has 0 fully saturated rings. The van der Waals surface area contributed by atoms with Gasteiger partial charge in [0, 0.05) is 18.6 Å². The van der Waals surface area contributed by atoms with Crippen molar-refractivity contribution < 1.29 is 4.74 Å². The predicted molar refractivity (Wildman–Crippen MR) is 84.9 cm³/mol. The first-order chi connectivity index (χ1) is 10.7. The summed E-state index contributed by atoms with van der Waals surface area (Å²) in [6.45, 7) is 4.64. The van der Waals surface area contributed by atoms with Crippen LogP contribution < -0.4 is 0 Å². The zero-order valence-electron chi connectivity index (χ0n) is 12.9. The standard InChI is InChI=1S/C17H20N4O/c1-3-5-11-17(12-18,22-4-2)13-21-14-19-16(20-21)15-9-7-6-8-10-15/h3,5-10,14H,4,11,13H2,1-2H3. The van der Waals surface area contributed by atoms with Crippen molar-refractivity contribution in [2.75, 3.05) is 6.61 Å². The second-order valence-corrected chi connectivity index (χ2v) is 4.94. The van der Waals surface area contributed by atoms with Crippen molar-refractivity contribution in [3.63, 3.8) is 0 Å². The van der Waals surface area contributed by atoms with E-state index in [4.69, 9.17) is 4.74 Å². The van der Waals surface area contributed by atoms with Crippen molar-refractivity contribution >= 4 is 0 Å². The minimum absolute atomic E-state index is 0.349. The molecule has 0 amide bonds. The number of benzene rings is 1. The van der Waals surface area contributed by atoms with Crippen LogP contribution in [0.25, 0.3) is 11.4 Å². The van der Waals surface area contributed by atoms with Gasteiger partial charge in [0.2, 0.25) is 0 Å². The van der Waals surface area contributed by atoms with Crippen molar-refractivity contribution in [2.45, 2.75) is 32.4 Å². The number of hydrogen-bond acceptors (Lipinski definition) is 4. The lowest BCUT2D eigenvalue weighted by molar-refractivity contribution is -0.00746. The van der Waals surface area contributed by atoms with Gasteiger partial charge in [0.1, 0.15) is 6.33 Å². The van der Waals surface area contributed by atoms with Gasteiger partial charge in [-0.15, -0.1) is 0 Å². The number of hydrogen-bond donors (Lipinski definition) is 0. The number of aromatic nitrogens is 3. The molecule has 1 aromatic heterocycles. The maximum absolute atomic E-state index is 9.55. The Morgan fingerprint density at radius 1 is 1.36 bits per heavy atom. The Morgan fingerprint density at radius 3 is 2.77 bits per heavy atom. The lowest BCUT2D eigenvalue weighted by atomic mass is 10.0. The van der Waals surface area contributed by atoms with Crippen LogP contribution in [-0.2, 0) is 11.3 Å². The Balaban J connectivity index is 2.20. The Hall–Kier alpha value is -2.45. The average Bonchev–Trinajstić information content (AvgIpc) is 3.02. The smallest absolute Gasteiger partial charge is 0.181 e. The third kappa shape index (κ3) is 3.80. The molecule has 0 radical (unpaired) electrons. The van der Waals surface area contributed by atoms with E-state index in [-0.39, 0.29) is 0 Å². The molecule has 0 saturated carbocycles. The molecule has 1 aromatic carbocycles. The molecule has 0 N–H and O–H groups in total. The van der Waals surface area contributed by atoms with Crippen LogP contribution in [0.5, 0.6) is 0 Å². The largest absolute Gasteiger partial charge is 0.358 e. The molecule has 0 aliphatic carbocycles. The number of allylic oxidation sites excluding steroid dienone is 1. The second-order valence-electron chi connectivity index (χ2n) is 4.94. The predicted octanol–water partition coefficient (Wildman–Crippen LogP) is 3.21. The highest BCUT2D eigenvalue weighted by atomic mass is 16.5. The molecule has 0 bridgehead atoms. The van der Waals surface area contributed by atoms with E-state index in [1.807, 2.05) is 56.3 Å². The Morgan fingerprint density at radius 2 is 2.14 bits per heavy atom. The molecule has 1 atom stereocenters. The summed E-state index contributed by atoms with van der Waals surface area (Å²) < 4.78 is 7.37. The van der Waals surface area contributed by atoms with Gasteiger partial charge in [0.15, 0.2) is 11.4 Å². The highest BCUT2D eigenvalue weighted by Gasteiger charge is 2.30. The summed E-state index contributed by atoms with van der Waals surface area (Å²) in [5.74, 6) is 0.648. The van der Waals surface area contributed by atoms with Crippen LogP contribution in [0.1, 0.15) is 20.3 Å². The summed E-state index contributed by atoms with van der Waals surface area (Å²) in [6, 6.07) is 12.0. The number of rotatable bonds is 7. The van der Waals surface area contributed by atoms with Crippen LogP contribution in [0.15, 0.2) is 48.8 Å². The van der Waals surface area contributed by atoms with Gasteiger partial charge in [-0.2, -0.15) is 10.4 Å². The fraction of sp³-hybridized carbons (Fsp3) is 0.353. The highest BCUT2D eigenvalue weighted by molar-refractivity contribution is 5.53. The lowest BCUT2D eigenvalue weighted by Gasteiger charge is -2.24. The molecule has 0 aliphatic rings. The van der Waals surface area contributed by atoms with E-state index in [2.05, 4.69) is 16.2 Å². The number of nitrogens with zero attached hydrogens (tertiary/aromatic N) is 4. The molecule has 114 valence electrons. The van der Waals surface area contributed by atoms with Crippen LogP contribution in [0.4, 0.5) is 0 Å². The fourth-order valence-corrected chi connectivity index (χ4v) is 2.22. The Labute approximate surface area is 130 Å². The van der Waals surface area contributed by atoms with E-state index in [0.717, 1.165) is 5.56 Å². The first-order valence-electron chi connectivity index (χ1n) is 7.34. The van der Waals surface area contributed by atoms with Crippen LogP contribution >= 0.6 is 0 Å². The summed E-state index contributed by atoms with van der Waals surface area (Å²) in [4.78, 5) is 4.31. The van der Waals surface area contributed by atoms with E-state index < -0.39 is 5.60 Å². The van der Waals surface area contributed by atoms with E-state index in [1.54, 1.807) is 11.0 Å². The van der Waals surface area contributed by atoms with Gasteiger partial charge in [-0.05, 0) is 13.8 Å². The molecule has 2 rings (SSSR count). The summed E-state index contributed by atoms with van der Waals surface area (Å²) in [5.41, 5.74) is 0.0387. The van der Waals surface area contributed by atoms with Crippen molar-refractivity contribution in [3.05, 3.63) is 48.8 Å². The van der Waals surface area contributed by atoms with Crippen molar-refractivity contribution in [3.8, 4) is 17.5 Å². The minimum atomic E-state index is -0.914. The molecular formula is C17H20N4O. The quantitative estimate of drug-likeness (QED) is 0.736. The topological polar surface area (TPSA) is 63.7 Å².